The van der Waals surface area contributed by atoms with Gasteiger partial charge in [0.1, 0.15) is 45.7 Å². The number of carbonyl (C=O) groups excluding carboxylic acids is 6. The molecule has 6 amide bonds. The molecule has 27 heteroatoms. The van der Waals surface area contributed by atoms with E-state index in [1.807, 2.05) is 32.0 Å². The smallest absolute Gasteiger partial charge is 0.410 e. The molecule has 3 aliphatic rings. The topological polar surface area (TPSA) is 247 Å². The standard InChI is InChI=1S/C60H80ClF2N13O10S/c1-37-13-12-16-42(61)50(37)69-54(78)46-36-65-58(87-46)68-47-35-48(67-39(3)66-47)74-20-18-73(19-21-74)26-28-84-30-32-85-31-29-83-27-17-64-55(79)49-41-33-43(62)44(63)34-45(41)72(8)52(49)57(81)76-24-22-75(23-25-76)56(80)51(40-14-10-9-11-15-40)70-53(77)38(2)71(7)59(82)86-60(4,5)6/h12-13,16,33-36,38,40,51H,9-11,14-15,17-32H2,1-8H3,(H,64,79)(H,69,78)(H,70,77)(H,65,66,67,68)/t38-,51-/m0/s1. The number of nitrogens with zero attached hydrogens (tertiary/aromatic N) is 9. The van der Waals surface area contributed by atoms with Gasteiger partial charge in [-0.05, 0) is 78.0 Å². The molecule has 472 valence electrons. The summed E-state index contributed by atoms with van der Waals surface area (Å²) in [5.74, 6) is -2.80. The molecular formula is C60H80ClF2N13O10S. The molecule has 5 aromatic rings. The second kappa shape index (κ2) is 30.2. The zero-order chi connectivity index (χ0) is 62.5. The fourth-order valence-electron chi connectivity index (χ4n) is 10.7. The van der Waals surface area contributed by atoms with E-state index in [0.29, 0.717) is 52.2 Å². The quantitative estimate of drug-likeness (QED) is 0.0447. The van der Waals surface area contributed by atoms with Gasteiger partial charge in [-0.15, -0.1) is 0 Å². The summed E-state index contributed by atoms with van der Waals surface area (Å²) in [6.07, 6.45) is 5.16. The number of nitrogens with one attached hydrogen (secondary N) is 4. The summed E-state index contributed by atoms with van der Waals surface area (Å²) < 4.78 is 53.6. The first-order valence-corrected chi connectivity index (χ1v) is 30.7. The molecule has 0 unspecified atom stereocenters. The minimum absolute atomic E-state index is 0.0413. The lowest BCUT2D eigenvalue weighted by Crippen LogP contribution is -2.60. The van der Waals surface area contributed by atoms with Crippen LogP contribution < -0.4 is 26.2 Å². The van der Waals surface area contributed by atoms with Gasteiger partial charge >= 0.3 is 6.09 Å². The molecule has 8 rings (SSSR count). The van der Waals surface area contributed by atoms with Crippen LogP contribution >= 0.6 is 22.9 Å². The number of thiazole rings is 1. The van der Waals surface area contributed by atoms with Gasteiger partial charge in [-0.25, -0.2) is 28.5 Å². The van der Waals surface area contributed by atoms with E-state index in [4.69, 9.17) is 30.5 Å². The van der Waals surface area contributed by atoms with Gasteiger partial charge in [-0.2, -0.15) is 0 Å². The third-order valence-electron chi connectivity index (χ3n) is 15.7. The Morgan fingerprint density at radius 1 is 0.828 bits per heavy atom. The number of rotatable bonds is 24. The van der Waals surface area contributed by atoms with Crippen LogP contribution in [0.5, 0.6) is 0 Å². The first-order valence-electron chi connectivity index (χ1n) is 29.5. The first kappa shape index (κ1) is 65.9. The molecule has 1 aliphatic carbocycles. The lowest BCUT2D eigenvalue weighted by molar-refractivity contribution is -0.140. The minimum atomic E-state index is -1.18. The molecule has 0 spiro atoms. The molecule has 0 bridgehead atoms. The van der Waals surface area contributed by atoms with Crippen LogP contribution in [-0.2, 0) is 35.6 Å². The zero-order valence-electron chi connectivity index (χ0n) is 50.8. The van der Waals surface area contributed by atoms with E-state index in [9.17, 15) is 37.5 Å². The molecule has 2 aliphatic heterocycles. The summed E-state index contributed by atoms with van der Waals surface area (Å²) in [6.45, 7) is 16.7. The predicted octanol–water partition coefficient (Wildman–Crippen LogP) is 7.18. The van der Waals surface area contributed by atoms with E-state index in [1.165, 1.54) is 46.0 Å². The molecule has 0 radical (unpaired) electrons. The largest absolute Gasteiger partial charge is 0.444 e. The van der Waals surface area contributed by atoms with Crippen molar-refractivity contribution in [1.29, 1.82) is 0 Å². The number of carbonyl (C=O) groups is 6. The van der Waals surface area contributed by atoms with Crippen molar-refractivity contribution < 1.29 is 56.5 Å². The SMILES string of the molecule is Cc1nc(Nc2ncc(C(=O)Nc3c(C)cccc3Cl)s2)cc(N2CCN(CCOCCOCCOCCNC(=O)c3c(C(=O)N4CCN(C(=O)[C@@H](NC(=O)[C@H](C)N(C)C(=O)OC(C)(C)C)C5CCCCC5)CC4)n(C)c4cc(F)c(F)cc34)CC2)n1. The van der Waals surface area contributed by atoms with Crippen LogP contribution in [0, 0.1) is 31.4 Å². The van der Waals surface area contributed by atoms with Crippen LogP contribution in [0.4, 0.5) is 36.0 Å². The number of ether oxygens (including phenoxy) is 4. The number of amides is 6. The number of aryl methyl sites for hydroxylation is 3. The zero-order valence-corrected chi connectivity index (χ0v) is 52.3. The fourth-order valence-corrected chi connectivity index (χ4v) is 11.7. The average Bonchev–Trinajstić information content (AvgIpc) is 1.65. The molecule has 2 aromatic carbocycles. The Kier molecular flexibility index (Phi) is 22.9. The molecule has 2 atom stereocenters. The summed E-state index contributed by atoms with van der Waals surface area (Å²) in [6, 6.07) is 7.38. The number of likely N-dealkylation sites (N-methyl/N-ethyl adjacent to an activating group) is 1. The fraction of sp³-hybridized carbons (Fsp3) is 0.550. The highest BCUT2D eigenvalue weighted by Crippen LogP contribution is 2.32. The van der Waals surface area contributed by atoms with Gasteiger partial charge in [0, 0.05) is 97.1 Å². The normalized spacial score (nSPS) is 15.9. The first-order chi connectivity index (χ1) is 41.6. The molecule has 5 heterocycles. The van der Waals surface area contributed by atoms with Gasteiger partial charge in [0.05, 0.1) is 67.6 Å². The average molecular weight is 1250 g/mol. The highest BCUT2D eigenvalue weighted by atomic mass is 35.5. The molecule has 4 N–H and O–H groups in total. The number of aromatic nitrogens is 4. The van der Waals surface area contributed by atoms with Crippen molar-refractivity contribution in [3.05, 3.63) is 86.8 Å². The van der Waals surface area contributed by atoms with Crippen molar-refractivity contribution in [3.63, 3.8) is 0 Å². The van der Waals surface area contributed by atoms with E-state index in [2.05, 4.69) is 46.0 Å². The Bertz CT molecular complexity index is 3230. The highest BCUT2D eigenvalue weighted by Gasteiger charge is 2.39. The number of anilines is 4. The number of hydrogen-bond acceptors (Lipinski definition) is 17. The second-order valence-electron chi connectivity index (χ2n) is 23.0. The van der Waals surface area contributed by atoms with Crippen LogP contribution in [-0.4, -0.2) is 205 Å². The number of piperazine rings is 2. The Hall–Kier alpha value is -7.10. The number of fused-ring (bicyclic) bond motifs is 1. The summed E-state index contributed by atoms with van der Waals surface area (Å²) in [7, 11) is 2.98. The Morgan fingerprint density at radius 3 is 2.16 bits per heavy atom. The van der Waals surface area contributed by atoms with E-state index in [1.54, 1.807) is 38.7 Å². The number of para-hydroxylation sites is 1. The summed E-state index contributed by atoms with van der Waals surface area (Å²) in [4.78, 5) is 105. The maximum Gasteiger partial charge on any atom is 0.410 e. The molecule has 3 fully saturated rings. The van der Waals surface area contributed by atoms with Crippen LogP contribution in [0.15, 0.2) is 42.6 Å². The lowest BCUT2D eigenvalue weighted by atomic mass is 9.83. The maximum absolute atomic E-state index is 14.8. The van der Waals surface area contributed by atoms with Gasteiger partial charge in [0.2, 0.25) is 11.8 Å². The summed E-state index contributed by atoms with van der Waals surface area (Å²) in [5, 5.41) is 12.9. The summed E-state index contributed by atoms with van der Waals surface area (Å²) >= 11 is 7.52. The van der Waals surface area contributed by atoms with Crippen LogP contribution in [0.25, 0.3) is 10.9 Å². The van der Waals surface area contributed by atoms with Crippen molar-refractivity contribution in [2.75, 3.05) is 128 Å². The Balaban J connectivity index is 0.732. The molecule has 1 saturated carbocycles. The number of halogens is 3. The second-order valence-corrected chi connectivity index (χ2v) is 24.4. The lowest BCUT2D eigenvalue weighted by Gasteiger charge is -2.39. The molecule has 2 saturated heterocycles. The third-order valence-corrected chi connectivity index (χ3v) is 16.9. The number of benzene rings is 2. The van der Waals surface area contributed by atoms with Gasteiger partial charge < -0.3 is 59.5 Å². The molecule has 3 aromatic heterocycles. The van der Waals surface area contributed by atoms with E-state index in [-0.39, 0.29) is 92.4 Å². The Labute approximate surface area is 514 Å². The van der Waals surface area contributed by atoms with Crippen molar-refractivity contribution in [2.24, 2.45) is 13.0 Å². The predicted molar refractivity (Wildman–Crippen MR) is 327 cm³/mol. The van der Waals surface area contributed by atoms with Gasteiger partial charge in [0.15, 0.2) is 16.8 Å². The molecule has 23 nitrogen and oxygen atoms in total. The van der Waals surface area contributed by atoms with Gasteiger partial charge in [0.25, 0.3) is 17.7 Å². The van der Waals surface area contributed by atoms with Crippen LogP contribution in [0.3, 0.4) is 0 Å². The van der Waals surface area contributed by atoms with E-state index in [0.717, 1.165) is 88.3 Å². The third kappa shape index (κ3) is 17.4. The molecule has 87 heavy (non-hydrogen) atoms. The van der Waals surface area contributed by atoms with E-state index < -0.39 is 53.1 Å². The maximum atomic E-state index is 14.8. The van der Waals surface area contributed by atoms with Crippen LogP contribution in [0.2, 0.25) is 5.02 Å². The van der Waals surface area contributed by atoms with Crippen molar-refractivity contribution >= 4 is 91.9 Å². The van der Waals surface area contributed by atoms with Crippen molar-refractivity contribution in [2.45, 2.75) is 91.3 Å². The van der Waals surface area contributed by atoms with Gasteiger partial charge in [-0.3, -0.25) is 33.8 Å². The van der Waals surface area contributed by atoms with E-state index >= 15 is 0 Å². The van der Waals surface area contributed by atoms with Gasteiger partial charge in [-0.1, -0.05) is 54.3 Å². The molecular weight excluding hydrogens is 1170 g/mol. The van der Waals surface area contributed by atoms with Crippen LogP contribution in [0.1, 0.15) is 102 Å². The van der Waals surface area contributed by atoms with Crippen molar-refractivity contribution in [3.8, 4) is 0 Å². The summed E-state index contributed by atoms with van der Waals surface area (Å²) in [5.41, 5.74) is 0.600. The number of hydrogen-bond donors (Lipinski definition) is 4. The van der Waals surface area contributed by atoms with Crippen molar-refractivity contribution in [1.82, 2.24) is 49.8 Å². The highest BCUT2D eigenvalue weighted by molar-refractivity contribution is 7.17. The minimum Gasteiger partial charge on any atom is -0.444 e. The Morgan fingerprint density at radius 2 is 1.48 bits per heavy atom. The monoisotopic (exact) mass is 1250 g/mol.